The standard InChI is InChI=1S/C17H23BrN4/c1-11-8-21(10-17(11)19)9-16-12(2)20-22(13(16)3)15-6-4-14(18)5-7-15/h4-7,11,17H,8-10,19H2,1-3H3. The van der Waals surface area contributed by atoms with E-state index in [-0.39, 0.29) is 0 Å². The van der Waals surface area contributed by atoms with E-state index in [2.05, 4.69) is 53.7 Å². The summed E-state index contributed by atoms with van der Waals surface area (Å²) in [6.07, 6.45) is 0. The third-order valence-electron chi connectivity index (χ3n) is 4.64. The maximum atomic E-state index is 6.14. The van der Waals surface area contributed by atoms with Crippen LogP contribution >= 0.6 is 15.9 Å². The Morgan fingerprint density at radius 3 is 2.50 bits per heavy atom. The summed E-state index contributed by atoms with van der Waals surface area (Å²) in [5, 5.41) is 4.73. The molecule has 4 nitrogen and oxygen atoms in total. The van der Waals surface area contributed by atoms with Crippen LogP contribution in [0.15, 0.2) is 28.7 Å². The third-order valence-corrected chi connectivity index (χ3v) is 5.17. The smallest absolute Gasteiger partial charge is 0.0649 e. The van der Waals surface area contributed by atoms with Gasteiger partial charge >= 0.3 is 0 Å². The van der Waals surface area contributed by atoms with Crippen LogP contribution in [0.1, 0.15) is 23.9 Å². The van der Waals surface area contributed by atoms with E-state index >= 15 is 0 Å². The summed E-state index contributed by atoms with van der Waals surface area (Å²) in [5.41, 5.74) is 10.9. The maximum absolute atomic E-state index is 6.14. The van der Waals surface area contributed by atoms with Gasteiger partial charge in [-0.2, -0.15) is 5.10 Å². The van der Waals surface area contributed by atoms with E-state index in [0.717, 1.165) is 35.5 Å². The highest BCUT2D eigenvalue weighted by Gasteiger charge is 2.27. The second kappa shape index (κ2) is 6.14. The molecule has 1 saturated heterocycles. The van der Waals surface area contributed by atoms with Crippen LogP contribution < -0.4 is 5.73 Å². The van der Waals surface area contributed by atoms with Crippen molar-refractivity contribution in [3.05, 3.63) is 45.7 Å². The van der Waals surface area contributed by atoms with Gasteiger partial charge in [0.2, 0.25) is 0 Å². The molecule has 0 amide bonds. The predicted molar refractivity (Wildman–Crippen MR) is 93.2 cm³/mol. The molecule has 0 aliphatic carbocycles. The summed E-state index contributed by atoms with van der Waals surface area (Å²) >= 11 is 3.48. The van der Waals surface area contributed by atoms with Crippen molar-refractivity contribution in [1.29, 1.82) is 0 Å². The van der Waals surface area contributed by atoms with Crippen LogP contribution in [0.4, 0.5) is 0 Å². The Morgan fingerprint density at radius 1 is 1.23 bits per heavy atom. The molecule has 2 heterocycles. The average molecular weight is 363 g/mol. The zero-order chi connectivity index (χ0) is 15.9. The summed E-state index contributed by atoms with van der Waals surface area (Å²) in [6.45, 7) is 9.46. The van der Waals surface area contributed by atoms with Crippen molar-refractivity contribution in [2.75, 3.05) is 13.1 Å². The molecule has 5 heteroatoms. The van der Waals surface area contributed by atoms with Crippen molar-refractivity contribution in [2.24, 2.45) is 11.7 Å². The van der Waals surface area contributed by atoms with Gasteiger partial charge < -0.3 is 5.73 Å². The number of benzene rings is 1. The van der Waals surface area contributed by atoms with Crippen molar-refractivity contribution in [3.63, 3.8) is 0 Å². The second-order valence-electron chi connectivity index (χ2n) is 6.37. The third kappa shape index (κ3) is 2.98. The molecular formula is C17H23BrN4. The van der Waals surface area contributed by atoms with Crippen LogP contribution in [0, 0.1) is 19.8 Å². The number of aromatic nitrogens is 2. The first-order valence-electron chi connectivity index (χ1n) is 7.74. The van der Waals surface area contributed by atoms with Gasteiger partial charge in [0.1, 0.15) is 0 Å². The highest BCUT2D eigenvalue weighted by molar-refractivity contribution is 9.10. The molecule has 22 heavy (non-hydrogen) atoms. The Bertz CT molecular complexity index is 652. The van der Waals surface area contributed by atoms with E-state index in [0.29, 0.717) is 12.0 Å². The van der Waals surface area contributed by atoms with Crippen LogP contribution in [0.2, 0.25) is 0 Å². The topological polar surface area (TPSA) is 47.1 Å². The van der Waals surface area contributed by atoms with Gasteiger partial charge in [-0.15, -0.1) is 0 Å². The molecule has 1 aromatic heterocycles. The lowest BCUT2D eigenvalue weighted by molar-refractivity contribution is 0.317. The van der Waals surface area contributed by atoms with Crippen molar-refractivity contribution in [1.82, 2.24) is 14.7 Å². The number of aryl methyl sites for hydroxylation is 1. The zero-order valence-corrected chi connectivity index (χ0v) is 15.0. The number of hydrogen-bond acceptors (Lipinski definition) is 3. The summed E-state index contributed by atoms with van der Waals surface area (Å²) in [5.74, 6) is 0.571. The van der Waals surface area contributed by atoms with Crippen LogP contribution in [-0.2, 0) is 6.54 Å². The van der Waals surface area contributed by atoms with Crippen molar-refractivity contribution in [2.45, 2.75) is 33.4 Å². The SMILES string of the molecule is Cc1nn(-c2ccc(Br)cc2)c(C)c1CN1CC(C)C(N)C1. The maximum Gasteiger partial charge on any atom is 0.0649 e. The van der Waals surface area contributed by atoms with E-state index in [1.807, 2.05) is 16.8 Å². The van der Waals surface area contributed by atoms with E-state index in [1.165, 1.54) is 11.3 Å². The molecule has 0 radical (unpaired) electrons. The number of likely N-dealkylation sites (tertiary alicyclic amines) is 1. The molecular weight excluding hydrogens is 340 g/mol. The van der Waals surface area contributed by atoms with Crippen molar-refractivity contribution < 1.29 is 0 Å². The second-order valence-corrected chi connectivity index (χ2v) is 7.29. The Hall–Kier alpha value is -1.17. The molecule has 3 rings (SSSR count). The molecule has 2 aromatic rings. The van der Waals surface area contributed by atoms with Gasteiger partial charge in [0.25, 0.3) is 0 Å². The molecule has 1 aliphatic heterocycles. The Labute approximate surface area is 140 Å². The largest absolute Gasteiger partial charge is 0.326 e. The van der Waals surface area contributed by atoms with Gasteiger partial charge in [-0.3, -0.25) is 4.90 Å². The van der Waals surface area contributed by atoms with E-state index in [4.69, 9.17) is 10.8 Å². The van der Waals surface area contributed by atoms with Gasteiger partial charge in [0.15, 0.2) is 0 Å². The van der Waals surface area contributed by atoms with Gasteiger partial charge in [0, 0.05) is 41.4 Å². The number of nitrogens with zero attached hydrogens (tertiary/aromatic N) is 3. The molecule has 0 saturated carbocycles. The number of halogens is 1. The predicted octanol–water partition coefficient (Wildman–Crippen LogP) is 3.03. The number of rotatable bonds is 3. The Morgan fingerprint density at radius 2 is 1.91 bits per heavy atom. The van der Waals surface area contributed by atoms with Crippen molar-refractivity contribution >= 4 is 15.9 Å². The van der Waals surface area contributed by atoms with Crippen molar-refractivity contribution in [3.8, 4) is 5.69 Å². The van der Waals surface area contributed by atoms with Gasteiger partial charge in [0.05, 0.1) is 11.4 Å². The lowest BCUT2D eigenvalue weighted by atomic mass is 10.1. The fourth-order valence-corrected chi connectivity index (χ4v) is 3.45. The molecule has 1 aliphatic rings. The average Bonchev–Trinajstić information content (AvgIpc) is 2.94. The fourth-order valence-electron chi connectivity index (χ4n) is 3.19. The van der Waals surface area contributed by atoms with Crippen LogP contribution in [0.5, 0.6) is 0 Å². The lowest BCUT2D eigenvalue weighted by Gasteiger charge is -2.15. The van der Waals surface area contributed by atoms with Crippen LogP contribution in [0.3, 0.4) is 0 Å². The Kier molecular flexibility index (Phi) is 4.39. The molecule has 2 unspecified atom stereocenters. The van der Waals surface area contributed by atoms with Gasteiger partial charge in [-0.25, -0.2) is 4.68 Å². The zero-order valence-electron chi connectivity index (χ0n) is 13.4. The highest BCUT2D eigenvalue weighted by Crippen LogP contribution is 2.23. The number of hydrogen-bond donors (Lipinski definition) is 1. The Balaban J connectivity index is 1.86. The minimum atomic E-state index is 0.294. The first-order chi connectivity index (χ1) is 10.5. The monoisotopic (exact) mass is 362 g/mol. The highest BCUT2D eigenvalue weighted by atomic mass is 79.9. The number of nitrogens with two attached hydrogens (primary N) is 1. The van der Waals surface area contributed by atoms with E-state index in [1.54, 1.807) is 0 Å². The molecule has 0 spiro atoms. The molecule has 118 valence electrons. The van der Waals surface area contributed by atoms with Gasteiger partial charge in [-0.05, 0) is 44.0 Å². The van der Waals surface area contributed by atoms with Crippen LogP contribution in [-0.4, -0.2) is 33.8 Å². The molecule has 0 bridgehead atoms. The molecule has 2 N–H and O–H groups in total. The van der Waals surface area contributed by atoms with Gasteiger partial charge in [-0.1, -0.05) is 22.9 Å². The first kappa shape index (κ1) is 15.7. The fraction of sp³-hybridized carbons (Fsp3) is 0.471. The first-order valence-corrected chi connectivity index (χ1v) is 8.54. The van der Waals surface area contributed by atoms with E-state index < -0.39 is 0 Å². The summed E-state index contributed by atoms with van der Waals surface area (Å²) in [6, 6.07) is 8.56. The van der Waals surface area contributed by atoms with E-state index in [9.17, 15) is 0 Å². The molecule has 1 aromatic carbocycles. The summed E-state index contributed by atoms with van der Waals surface area (Å²) in [7, 11) is 0. The molecule has 1 fully saturated rings. The lowest BCUT2D eigenvalue weighted by Crippen LogP contribution is -2.28. The van der Waals surface area contributed by atoms with Crippen LogP contribution in [0.25, 0.3) is 5.69 Å². The quantitative estimate of drug-likeness (QED) is 0.912. The molecule has 2 atom stereocenters. The minimum absolute atomic E-state index is 0.294. The summed E-state index contributed by atoms with van der Waals surface area (Å²) in [4.78, 5) is 2.44. The normalized spacial score (nSPS) is 22.4. The minimum Gasteiger partial charge on any atom is -0.326 e. The summed E-state index contributed by atoms with van der Waals surface area (Å²) < 4.78 is 3.12.